The van der Waals surface area contributed by atoms with E-state index >= 15 is 0 Å². The van der Waals surface area contributed by atoms with Gasteiger partial charge in [-0.05, 0) is 35.6 Å². The summed E-state index contributed by atoms with van der Waals surface area (Å²) < 4.78 is 0. The number of piperidine rings is 1. The number of benzene rings is 2. The Morgan fingerprint density at radius 3 is 2.35 bits per heavy atom. The van der Waals surface area contributed by atoms with Crippen LogP contribution in [0.5, 0.6) is 0 Å². The van der Waals surface area contributed by atoms with Gasteiger partial charge in [0.15, 0.2) is 0 Å². The van der Waals surface area contributed by atoms with E-state index in [1.165, 1.54) is 0 Å². The second-order valence-corrected chi connectivity index (χ2v) is 7.06. The van der Waals surface area contributed by atoms with E-state index in [1.54, 1.807) is 0 Å². The molecule has 0 bridgehead atoms. The van der Waals surface area contributed by atoms with Crippen LogP contribution in [-0.2, 0) is 9.59 Å². The van der Waals surface area contributed by atoms with Crippen LogP contribution in [0.25, 0.3) is 11.1 Å². The number of carboxylic acids is 1. The van der Waals surface area contributed by atoms with Gasteiger partial charge in [-0.25, -0.2) is 0 Å². The molecule has 1 saturated heterocycles. The molecule has 2 aromatic rings. The lowest BCUT2D eigenvalue weighted by Crippen LogP contribution is -2.45. The number of carbonyl (C=O) groups is 2. The number of hydrogen-bond donors (Lipinski definition) is 2. The highest BCUT2D eigenvalue weighted by atomic mass is 16.4. The van der Waals surface area contributed by atoms with Gasteiger partial charge < -0.3 is 10.4 Å². The van der Waals surface area contributed by atoms with E-state index in [-0.39, 0.29) is 18.4 Å². The van der Waals surface area contributed by atoms with E-state index in [1.807, 2.05) is 66.4 Å². The fourth-order valence-electron chi connectivity index (χ4n) is 3.55. The summed E-state index contributed by atoms with van der Waals surface area (Å²) in [5.74, 6) is -1.01. The molecule has 0 spiro atoms. The monoisotopic (exact) mass is 352 g/mol. The molecule has 2 N–H and O–H groups in total. The Morgan fingerprint density at radius 2 is 1.69 bits per heavy atom. The van der Waals surface area contributed by atoms with Gasteiger partial charge in [0, 0.05) is 18.8 Å². The van der Waals surface area contributed by atoms with Crippen LogP contribution in [0.3, 0.4) is 0 Å². The lowest BCUT2D eigenvalue weighted by atomic mass is 9.90. The van der Waals surface area contributed by atoms with Crippen molar-refractivity contribution >= 4 is 17.6 Å². The topological polar surface area (TPSA) is 69.6 Å². The molecule has 0 aliphatic carbocycles. The molecule has 5 nitrogen and oxygen atoms in total. The van der Waals surface area contributed by atoms with Crippen LogP contribution >= 0.6 is 0 Å². The molecule has 136 valence electrons. The molecule has 1 amide bonds. The van der Waals surface area contributed by atoms with E-state index in [0.717, 1.165) is 23.4 Å². The van der Waals surface area contributed by atoms with Gasteiger partial charge in [-0.3, -0.25) is 14.5 Å². The van der Waals surface area contributed by atoms with Crippen LogP contribution < -0.4 is 5.32 Å². The predicted octanol–water partition coefficient (Wildman–Crippen LogP) is 3.33. The number of nitrogens with one attached hydrogen (secondary N) is 1. The van der Waals surface area contributed by atoms with E-state index in [9.17, 15) is 14.7 Å². The Bertz CT molecular complexity index is 759. The standard InChI is InChI=1S/C21H24N2O3/c1-15-11-18(21(25)26)13-23(12-15)14-20(24)22-19-9-7-17(8-10-19)16-5-3-2-4-6-16/h2-10,15,18H,11-14H2,1H3,(H,22,24)(H,25,26). The zero-order chi connectivity index (χ0) is 18.5. The van der Waals surface area contributed by atoms with Gasteiger partial charge in [-0.2, -0.15) is 0 Å². The number of aliphatic carboxylic acids is 1. The van der Waals surface area contributed by atoms with Crippen molar-refractivity contribution in [1.82, 2.24) is 4.90 Å². The number of likely N-dealkylation sites (tertiary alicyclic amines) is 1. The van der Waals surface area contributed by atoms with Crippen LogP contribution in [-0.4, -0.2) is 41.5 Å². The average molecular weight is 352 g/mol. The van der Waals surface area contributed by atoms with Crippen molar-refractivity contribution in [3.8, 4) is 11.1 Å². The van der Waals surface area contributed by atoms with Crippen molar-refractivity contribution in [1.29, 1.82) is 0 Å². The molecule has 2 atom stereocenters. The molecule has 1 heterocycles. The third kappa shape index (κ3) is 4.70. The normalized spacial score (nSPS) is 20.5. The molecule has 0 saturated carbocycles. The van der Waals surface area contributed by atoms with Crippen molar-refractivity contribution in [3.63, 3.8) is 0 Å². The summed E-state index contributed by atoms with van der Waals surface area (Å²) >= 11 is 0. The summed E-state index contributed by atoms with van der Waals surface area (Å²) in [6.45, 7) is 3.43. The van der Waals surface area contributed by atoms with Gasteiger partial charge in [0.25, 0.3) is 0 Å². The molecule has 3 rings (SSSR count). The van der Waals surface area contributed by atoms with Crippen molar-refractivity contribution in [2.45, 2.75) is 13.3 Å². The second kappa shape index (κ2) is 8.15. The van der Waals surface area contributed by atoms with Gasteiger partial charge in [0.2, 0.25) is 5.91 Å². The number of nitrogens with zero attached hydrogens (tertiary/aromatic N) is 1. The summed E-state index contributed by atoms with van der Waals surface area (Å²) in [6.07, 6.45) is 0.675. The molecule has 0 radical (unpaired) electrons. The third-order valence-electron chi connectivity index (χ3n) is 4.73. The quantitative estimate of drug-likeness (QED) is 0.866. The molecule has 2 unspecified atom stereocenters. The third-order valence-corrected chi connectivity index (χ3v) is 4.73. The fraction of sp³-hybridized carbons (Fsp3) is 0.333. The Balaban J connectivity index is 1.57. The highest BCUT2D eigenvalue weighted by molar-refractivity contribution is 5.92. The summed E-state index contributed by atoms with van der Waals surface area (Å²) in [5, 5.41) is 12.1. The van der Waals surface area contributed by atoms with E-state index < -0.39 is 11.9 Å². The minimum absolute atomic E-state index is 0.115. The van der Waals surface area contributed by atoms with Crippen molar-refractivity contribution in [2.75, 3.05) is 25.0 Å². The van der Waals surface area contributed by atoms with Gasteiger partial charge >= 0.3 is 5.97 Å². The molecule has 5 heteroatoms. The van der Waals surface area contributed by atoms with E-state index in [2.05, 4.69) is 5.32 Å². The number of rotatable bonds is 5. The van der Waals surface area contributed by atoms with Crippen LogP contribution in [0.2, 0.25) is 0 Å². The minimum Gasteiger partial charge on any atom is -0.481 e. The molecular weight excluding hydrogens is 328 g/mol. The molecule has 0 aromatic heterocycles. The summed E-state index contributed by atoms with van der Waals surface area (Å²) in [4.78, 5) is 25.5. The zero-order valence-corrected chi connectivity index (χ0v) is 14.9. The zero-order valence-electron chi connectivity index (χ0n) is 14.9. The average Bonchev–Trinajstić information content (AvgIpc) is 2.62. The first-order chi connectivity index (χ1) is 12.5. The lowest BCUT2D eigenvalue weighted by molar-refractivity contribution is -0.144. The maximum absolute atomic E-state index is 12.3. The number of hydrogen-bond acceptors (Lipinski definition) is 3. The van der Waals surface area contributed by atoms with Crippen LogP contribution in [0, 0.1) is 11.8 Å². The molecule has 1 aliphatic rings. The van der Waals surface area contributed by atoms with Gasteiger partial charge in [-0.15, -0.1) is 0 Å². The second-order valence-electron chi connectivity index (χ2n) is 7.06. The SMILES string of the molecule is CC1CC(C(=O)O)CN(CC(=O)Nc2ccc(-c3ccccc3)cc2)C1. The first kappa shape index (κ1) is 18.1. The van der Waals surface area contributed by atoms with Gasteiger partial charge in [0.05, 0.1) is 12.5 Å². The largest absolute Gasteiger partial charge is 0.481 e. The highest BCUT2D eigenvalue weighted by Gasteiger charge is 2.30. The molecular formula is C21H24N2O3. The number of amides is 1. The molecule has 2 aromatic carbocycles. The number of carboxylic acid groups (broad SMARTS) is 1. The molecule has 1 fully saturated rings. The van der Waals surface area contributed by atoms with Crippen LogP contribution in [0.1, 0.15) is 13.3 Å². The Kier molecular flexibility index (Phi) is 5.68. The number of carbonyl (C=O) groups excluding carboxylic acids is 1. The Hall–Kier alpha value is -2.66. The maximum atomic E-state index is 12.3. The van der Waals surface area contributed by atoms with Crippen molar-refractivity contribution in [3.05, 3.63) is 54.6 Å². The van der Waals surface area contributed by atoms with Crippen LogP contribution in [0.4, 0.5) is 5.69 Å². The maximum Gasteiger partial charge on any atom is 0.307 e. The number of anilines is 1. The highest BCUT2D eigenvalue weighted by Crippen LogP contribution is 2.23. The predicted molar refractivity (Wildman–Crippen MR) is 102 cm³/mol. The van der Waals surface area contributed by atoms with Gasteiger partial charge in [0.1, 0.15) is 0 Å². The Morgan fingerprint density at radius 1 is 1.04 bits per heavy atom. The van der Waals surface area contributed by atoms with Crippen molar-refractivity contribution in [2.24, 2.45) is 11.8 Å². The Labute approximate surface area is 153 Å². The van der Waals surface area contributed by atoms with Gasteiger partial charge in [-0.1, -0.05) is 49.4 Å². The van der Waals surface area contributed by atoms with E-state index in [4.69, 9.17) is 0 Å². The lowest BCUT2D eigenvalue weighted by Gasteiger charge is -2.34. The fourth-order valence-corrected chi connectivity index (χ4v) is 3.55. The summed E-state index contributed by atoms with van der Waals surface area (Å²) in [7, 11) is 0. The van der Waals surface area contributed by atoms with E-state index in [0.29, 0.717) is 13.0 Å². The summed E-state index contributed by atoms with van der Waals surface area (Å²) in [5.41, 5.74) is 2.97. The summed E-state index contributed by atoms with van der Waals surface area (Å²) in [6, 6.07) is 17.8. The minimum atomic E-state index is -0.779. The molecule has 26 heavy (non-hydrogen) atoms. The first-order valence-electron chi connectivity index (χ1n) is 8.92. The first-order valence-corrected chi connectivity index (χ1v) is 8.92. The smallest absolute Gasteiger partial charge is 0.307 e. The van der Waals surface area contributed by atoms with Crippen LogP contribution in [0.15, 0.2) is 54.6 Å². The van der Waals surface area contributed by atoms with Crippen molar-refractivity contribution < 1.29 is 14.7 Å². The molecule has 1 aliphatic heterocycles.